The van der Waals surface area contributed by atoms with Crippen molar-refractivity contribution in [1.29, 1.82) is 0 Å². The van der Waals surface area contributed by atoms with Crippen LogP contribution in [0, 0.1) is 0 Å². The second kappa shape index (κ2) is 5.72. The first-order valence-electron chi connectivity index (χ1n) is 6.12. The fraction of sp³-hybridized carbons (Fsp3) is 1.00. The second-order valence-electron chi connectivity index (χ2n) is 5.05. The molecule has 84 valence electrons. The van der Waals surface area contributed by atoms with E-state index in [9.17, 15) is 0 Å². The van der Waals surface area contributed by atoms with E-state index in [2.05, 4.69) is 25.7 Å². The molecule has 1 heterocycles. The van der Waals surface area contributed by atoms with Gasteiger partial charge in [0.25, 0.3) is 0 Å². The lowest BCUT2D eigenvalue weighted by Crippen LogP contribution is -2.42. The Bertz CT molecular complexity index is 154. The first-order chi connectivity index (χ1) is 6.61. The van der Waals surface area contributed by atoms with Crippen LogP contribution in [0.4, 0.5) is 0 Å². The van der Waals surface area contributed by atoms with Crippen LogP contribution >= 0.6 is 0 Å². The Balaban J connectivity index is 2.54. The summed E-state index contributed by atoms with van der Waals surface area (Å²) in [5.41, 5.74) is 5.91. The SMILES string of the molecule is CC(N)CC1CCCCCN1C(C)C. The van der Waals surface area contributed by atoms with Gasteiger partial charge in [0.05, 0.1) is 0 Å². The molecule has 0 saturated carbocycles. The van der Waals surface area contributed by atoms with Gasteiger partial charge in [-0.15, -0.1) is 0 Å². The maximum absolute atomic E-state index is 5.91. The van der Waals surface area contributed by atoms with Crippen molar-refractivity contribution >= 4 is 0 Å². The van der Waals surface area contributed by atoms with Gasteiger partial charge in [0, 0.05) is 18.1 Å². The van der Waals surface area contributed by atoms with Gasteiger partial charge in [-0.1, -0.05) is 12.8 Å². The fourth-order valence-electron chi connectivity index (χ4n) is 2.56. The van der Waals surface area contributed by atoms with Gasteiger partial charge in [0.1, 0.15) is 0 Å². The molecule has 1 rings (SSSR count). The third-order valence-electron chi connectivity index (χ3n) is 3.23. The van der Waals surface area contributed by atoms with E-state index in [0.29, 0.717) is 12.1 Å². The Morgan fingerprint density at radius 2 is 1.93 bits per heavy atom. The molecule has 2 nitrogen and oxygen atoms in total. The fourth-order valence-corrected chi connectivity index (χ4v) is 2.56. The van der Waals surface area contributed by atoms with Crippen LogP contribution in [0.25, 0.3) is 0 Å². The molecular weight excluding hydrogens is 172 g/mol. The third kappa shape index (κ3) is 3.58. The van der Waals surface area contributed by atoms with E-state index in [1.54, 1.807) is 0 Å². The van der Waals surface area contributed by atoms with Gasteiger partial charge in [0.15, 0.2) is 0 Å². The minimum absolute atomic E-state index is 0.347. The molecule has 0 aliphatic carbocycles. The molecule has 2 unspecified atom stereocenters. The van der Waals surface area contributed by atoms with Crippen molar-refractivity contribution in [3.8, 4) is 0 Å². The van der Waals surface area contributed by atoms with Crippen LogP contribution in [0.3, 0.4) is 0 Å². The van der Waals surface area contributed by atoms with Crippen molar-refractivity contribution in [1.82, 2.24) is 4.90 Å². The van der Waals surface area contributed by atoms with Crippen molar-refractivity contribution < 1.29 is 0 Å². The first kappa shape index (κ1) is 12.0. The first-order valence-corrected chi connectivity index (χ1v) is 6.12. The zero-order chi connectivity index (χ0) is 10.6. The molecule has 0 radical (unpaired) electrons. The van der Waals surface area contributed by atoms with Crippen LogP contribution in [0.2, 0.25) is 0 Å². The largest absolute Gasteiger partial charge is 0.328 e. The van der Waals surface area contributed by atoms with Crippen LogP contribution in [0.1, 0.15) is 52.9 Å². The highest BCUT2D eigenvalue weighted by molar-refractivity contribution is 4.80. The molecule has 0 amide bonds. The number of hydrogen-bond donors (Lipinski definition) is 1. The Labute approximate surface area is 88.8 Å². The Hall–Kier alpha value is -0.0800. The van der Waals surface area contributed by atoms with Gasteiger partial charge < -0.3 is 5.73 Å². The van der Waals surface area contributed by atoms with Gasteiger partial charge in [-0.2, -0.15) is 0 Å². The summed E-state index contributed by atoms with van der Waals surface area (Å²) in [6, 6.07) is 1.76. The Morgan fingerprint density at radius 1 is 1.21 bits per heavy atom. The van der Waals surface area contributed by atoms with Crippen molar-refractivity contribution in [2.75, 3.05) is 6.54 Å². The average molecular weight is 198 g/mol. The predicted molar refractivity (Wildman–Crippen MR) is 62.4 cm³/mol. The number of rotatable bonds is 3. The van der Waals surface area contributed by atoms with Crippen LogP contribution in [0.15, 0.2) is 0 Å². The van der Waals surface area contributed by atoms with E-state index in [1.807, 2.05) is 0 Å². The van der Waals surface area contributed by atoms with E-state index in [-0.39, 0.29) is 0 Å². The van der Waals surface area contributed by atoms with Gasteiger partial charge in [0.2, 0.25) is 0 Å². The molecule has 2 N–H and O–H groups in total. The maximum Gasteiger partial charge on any atom is 0.0113 e. The summed E-state index contributed by atoms with van der Waals surface area (Å²) in [5.74, 6) is 0. The van der Waals surface area contributed by atoms with Crippen molar-refractivity contribution in [3.63, 3.8) is 0 Å². The van der Waals surface area contributed by atoms with Crippen molar-refractivity contribution in [2.45, 2.75) is 71.0 Å². The molecule has 14 heavy (non-hydrogen) atoms. The smallest absolute Gasteiger partial charge is 0.0113 e. The molecule has 0 aromatic carbocycles. The standard InChI is InChI=1S/C12H26N2/c1-10(2)14-8-6-4-5-7-12(14)9-11(3)13/h10-12H,4-9,13H2,1-3H3. The molecule has 1 saturated heterocycles. The molecular formula is C12H26N2. The molecule has 0 bridgehead atoms. The topological polar surface area (TPSA) is 29.3 Å². The van der Waals surface area contributed by atoms with Gasteiger partial charge in [-0.25, -0.2) is 0 Å². The van der Waals surface area contributed by atoms with E-state index >= 15 is 0 Å². The summed E-state index contributed by atoms with van der Waals surface area (Å²) in [5, 5.41) is 0. The summed E-state index contributed by atoms with van der Waals surface area (Å²) in [6.45, 7) is 8.01. The highest BCUT2D eigenvalue weighted by atomic mass is 15.2. The Morgan fingerprint density at radius 3 is 2.50 bits per heavy atom. The molecule has 2 heteroatoms. The molecule has 0 aromatic rings. The number of nitrogens with zero attached hydrogens (tertiary/aromatic N) is 1. The summed E-state index contributed by atoms with van der Waals surface area (Å²) < 4.78 is 0. The predicted octanol–water partition coefficient (Wildman–Crippen LogP) is 2.38. The van der Waals surface area contributed by atoms with Crippen molar-refractivity contribution in [3.05, 3.63) is 0 Å². The normalized spacial score (nSPS) is 27.6. The lowest BCUT2D eigenvalue weighted by molar-refractivity contribution is 0.144. The van der Waals surface area contributed by atoms with E-state index in [1.165, 1.54) is 32.2 Å². The summed E-state index contributed by atoms with van der Waals surface area (Å²) >= 11 is 0. The molecule has 0 spiro atoms. The van der Waals surface area contributed by atoms with E-state index in [4.69, 9.17) is 5.73 Å². The monoisotopic (exact) mass is 198 g/mol. The van der Waals surface area contributed by atoms with Crippen molar-refractivity contribution in [2.24, 2.45) is 5.73 Å². The van der Waals surface area contributed by atoms with Crippen LogP contribution in [-0.2, 0) is 0 Å². The van der Waals surface area contributed by atoms with E-state index < -0.39 is 0 Å². The number of nitrogens with two attached hydrogens (primary N) is 1. The second-order valence-corrected chi connectivity index (χ2v) is 5.05. The average Bonchev–Trinajstić information content (AvgIpc) is 2.28. The van der Waals surface area contributed by atoms with E-state index in [0.717, 1.165) is 12.5 Å². The highest BCUT2D eigenvalue weighted by Gasteiger charge is 2.23. The zero-order valence-corrected chi connectivity index (χ0v) is 10.00. The van der Waals surface area contributed by atoms with Crippen LogP contribution in [0.5, 0.6) is 0 Å². The van der Waals surface area contributed by atoms with Crippen LogP contribution < -0.4 is 5.73 Å². The minimum Gasteiger partial charge on any atom is -0.328 e. The highest BCUT2D eigenvalue weighted by Crippen LogP contribution is 2.21. The summed E-state index contributed by atoms with van der Waals surface area (Å²) in [7, 11) is 0. The molecule has 1 fully saturated rings. The summed E-state index contributed by atoms with van der Waals surface area (Å²) in [4.78, 5) is 2.65. The van der Waals surface area contributed by atoms with Gasteiger partial charge in [-0.05, 0) is 46.6 Å². The lowest BCUT2D eigenvalue weighted by Gasteiger charge is -2.34. The molecule has 2 atom stereocenters. The lowest BCUT2D eigenvalue weighted by atomic mass is 10.0. The zero-order valence-electron chi connectivity index (χ0n) is 10.00. The molecule has 1 aliphatic rings. The van der Waals surface area contributed by atoms with Gasteiger partial charge in [-0.3, -0.25) is 4.90 Å². The Kier molecular flexibility index (Phi) is 4.90. The van der Waals surface area contributed by atoms with Gasteiger partial charge >= 0.3 is 0 Å². The minimum atomic E-state index is 0.347. The molecule has 0 aromatic heterocycles. The maximum atomic E-state index is 5.91. The molecule has 1 aliphatic heterocycles. The summed E-state index contributed by atoms with van der Waals surface area (Å²) in [6.07, 6.45) is 6.67. The number of hydrogen-bond acceptors (Lipinski definition) is 2. The third-order valence-corrected chi connectivity index (χ3v) is 3.23. The van der Waals surface area contributed by atoms with Crippen LogP contribution in [-0.4, -0.2) is 29.6 Å². The number of likely N-dealkylation sites (tertiary alicyclic amines) is 1. The quantitative estimate of drug-likeness (QED) is 0.754.